The Hall–Kier alpha value is 0.260. The van der Waals surface area contributed by atoms with Crippen LogP contribution in [-0.2, 0) is 9.59 Å². The van der Waals surface area contributed by atoms with Crippen LogP contribution < -0.4 is 5.73 Å². The van der Waals surface area contributed by atoms with Crippen LogP contribution in [0.25, 0.3) is 0 Å². The first-order chi connectivity index (χ1) is 9.41. The van der Waals surface area contributed by atoms with E-state index in [-0.39, 0.29) is 6.54 Å². The van der Waals surface area contributed by atoms with Crippen molar-refractivity contribution >= 4 is 58.2 Å². The van der Waals surface area contributed by atoms with Gasteiger partial charge in [-0.25, -0.2) is 0 Å². The third-order valence-electron chi connectivity index (χ3n) is 2.74. The van der Waals surface area contributed by atoms with Crippen molar-refractivity contribution in [2.45, 2.75) is 48.2 Å². The van der Waals surface area contributed by atoms with Crippen LogP contribution in [-0.4, -0.2) is 39.5 Å². The molecular formula is C12H20Cl4N2O2. The second-order valence-corrected chi connectivity index (χ2v) is 6.53. The lowest BCUT2D eigenvalue weighted by molar-refractivity contribution is -0.142. The lowest BCUT2D eigenvalue weighted by Crippen LogP contribution is -2.43. The van der Waals surface area contributed by atoms with Gasteiger partial charge in [-0.3, -0.25) is 14.5 Å². The normalized spacial score (nSPS) is 11.2. The molecule has 0 atom stereocenters. The van der Waals surface area contributed by atoms with Crippen LogP contribution in [0.4, 0.5) is 0 Å². The van der Waals surface area contributed by atoms with Crippen LogP contribution in [0, 0.1) is 0 Å². The Labute approximate surface area is 139 Å². The van der Waals surface area contributed by atoms with Crippen LogP contribution >= 0.6 is 46.4 Å². The number of hydrogen-bond donors (Lipinski definition) is 1. The minimum Gasteiger partial charge on any atom is -0.330 e. The molecule has 0 saturated carbocycles. The third-order valence-corrected chi connectivity index (χ3v) is 3.49. The zero-order valence-electron chi connectivity index (χ0n) is 11.2. The van der Waals surface area contributed by atoms with Crippen molar-refractivity contribution < 1.29 is 9.59 Å². The lowest BCUT2D eigenvalue weighted by Gasteiger charge is -2.21. The summed E-state index contributed by atoms with van der Waals surface area (Å²) in [5.41, 5.74) is 5.40. The molecular weight excluding hydrogens is 346 g/mol. The van der Waals surface area contributed by atoms with Gasteiger partial charge in [-0.05, 0) is 19.4 Å². The molecule has 8 heteroatoms. The van der Waals surface area contributed by atoms with E-state index < -0.39 is 21.5 Å². The maximum absolute atomic E-state index is 11.7. The molecule has 4 nitrogen and oxygen atoms in total. The summed E-state index contributed by atoms with van der Waals surface area (Å²) in [6.45, 7) is 0.927. The number of carbonyl (C=O) groups is 2. The fourth-order valence-electron chi connectivity index (χ4n) is 1.69. The quantitative estimate of drug-likeness (QED) is 0.477. The molecule has 0 fully saturated rings. The monoisotopic (exact) mass is 364 g/mol. The molecule has 0 aromatic heterocycles. The number of nitrogens with zero attached hydrogens (tertiary/aromatic N) is 1. The van der Waals surface area contributed by atoms with Crippen LogP contribution in [0.1, 0.15) is 38.5 Å². The van der Waals surface area contributed by atoms with Crippen LogP contribution in [0.15, 0.2) is 0 Å². The van der Waals surface area contributed by atoms with E-state index in [1.165, 1.54) is 0 Å². The number of imide groups is 1. The zero-order chi connectivity index (χ0) is 15.5. The van der Waals surface area contributed by atoms with E-state index in [0.717, 1.165) is 37.0 Å². The predicted molar refractivity (Wildman–Crippen MR) is 84.5 cm³/mol. The third kappa shape index (κ3) is 8.53. The molecule has 20 heavy (non-hydrogen) atoms. The Kier molecular flexibility index (Phi) is 12.0. The number of rotatable bonds is 10. The maximum atomic E-state index is 11.7. The van der Waals surface area contributed by atoms with Crippen molar-refractivity contribution in [3.8, 4) is 0 Å². The molecule has 0 radical (unpaired) electrons. The van der Waals surface area contributed by atoms with Gasteiger partial charge in [0.25, 0.3) is 11.8 Å². The van der Waals surface area contributed by atoms with Crippen LogP contribution in [0.5, 0.6) is 0 Å². The first-order valence-electron chi connectivity index (χ1n) is 6.53. The van der Waals surface area contributed by atoms with Gasteiger partial charge in [0.1, 0.15) is 0 Å². The second-order valence-electron chi connectivity index (χ2n) is 4.34. The molecule has 0 unspecified atom stereocenters. The fourth-order valence-corrected chi connectivity index (χ4v) is 2.16. The summed E-state index contributed by atoms with van der Waals surface area (Å²) in [4.78, 5) is 21.7. The molecule has 0 heterocycles. The summed E-state index contributed by atoms with van der Waals surface area (Å²) in [7, 11) is 0. The Morgan fingerprint density at radius 3 is 1.60 bits per heavy atom. The van der Waals surface area contributed by atoms with Gasteiger partial charge in [-0.15, -0.1) is 0 Å². The highest BCUT2D eigenvalue weighted by Gasteiger charge is 2.29. The molecule has 0 saturated heterocycles. The number of hydrogen-bond acceptors (Lipinski definition) is 3. The lowest BCUT2D eigenvalue weighted by atomic mass is 10.1. The molecule has 0 spiro atoms. The highest BCUT2D eigenvalue weighted by molar-refractivity contribution is 6.56. The van der Waals surface area contributed by atoms with Gasteiger partial charge in [-0.1, -0.05) is 72.1 Å². The Morgan fingerprint density at radius 2 is 1.20 bits per heavy atom. The molecule has 0 aromatic rings. The highest BCUT2D eigenvalue weighted by atomic mass is 35.5. The molecule has 2 amide bonds. The number of unbranched alkanes of at least 4 members (excludes halogenated alkanes) is 5. The maximum Gasteiger partial charge on any atom is 0.262 e. The number of carbonyl (C=O) groups excluding carboxylic acids is 2. The SMILES string of the molecule is NCCCCCCCCN(C(=O)C(Cl)Cl)C(=O)C(Cl)Cl. The topological polar surface area (TPSA) is 63.4 Å². The molecule has 0 rings (SSSR count). The van der Waals surface area contributed by atoms with E-state index >= 15 is 0 Å². The Balaban J connectivity index is 4.12. The van der Waals surface area contributed by atoms with Gasteiger partial charge in [0.2, 0.25) is 0 Å². The number of alkyl halides is 4. The number of amides is 2. The molecule has 2 N–H and O–H groups in total. The van der Waals surface area contributed by atoms with Gasteiger partial charge in [0, 0.05) is 6.54 Å². The minimum absolute atomic E-state index is 0.223. The van der Waals surface area contributed by atoms with Crippen LogP contribution in [0.3, 0.4) is 0 Å². The van der Waals surface area contributed by atoms with Crippen LogP contribution in [0.2, 0.25) is 0 Å². The number of halogens is 4. The smallest absolute Gasteiger partial charge is 0.262 e. The zero-order valence-corrected chi connectivity index (χ0v) is 14.2. The first kappa shape index (κ1) is 20.3. The summed E-state index contributed by atoms with van der Waals surface area (Å²) in [5.74, 6) is -1.37. The van der Waals surface area contributed by atoms with Crippen molar-refractivity contribution in [2.75, 3.05) is 13.1 Å². The van der Waals surface area contributed by atoms with Gasteiger partial charge >= 0.3 is 0 Å². The van der Waals surface area contributed by atoms with Gasteiger partial charge in [0.05, 0.1) is 0 Å². The van der Waals surface area contributed by atoms with Crippen molar-refractivity contribution in [3.63, 3.8) is 0 Å². The van der Waals surface area contributed by atoms with E-state index in [1.807, 2.05) is 0 Å². The summed E-state index contributed by atoms with van der Waals surface area (Å²) >= 11 is 22.0. The first-order valence-corrected chi connectivity index (χ1v) is 8.28. The second kappa shape index (κ2) is 11.9. The van der Waals surface area contributed by atoms with Crippen molar-refractivity contribution in [1.29, 1.82) is 0 Å². The average molecular weight is 366 g/mol. The summed E-state index contributed by atoms with van der Waals surface area (Å²) in [6, 6.07) is 0. The van der Waals surface area contributed by atoms with Crippen molar-refractivity contribution in [2.24, 2.45) is 5.73 Å². The Morgan fingerprint density at radius 1 is 0.800 bits per heavy atom. The Bertz CT molecular complexity index is 281. The fraction of sp³-hybridized carbons (Fsp3) is 0.833. The highest BCUT2D eigenvalue weighted by Crippen LogP contribution is 2.15. The summed E-state index contributed by atoms with van der Waals surface area (Å²) in [5, 5.41) is 0. The summed E-state index contributed by atoms with van der Waals surface area (Å²) < 4.78 is 0. The van der Waals surface area contributed by atoms with E-state index in [0.29, 0.717) is 13.0 Å². The van der Waals surface area contributed by atoms with E-state index in [2.05, 4.69) is 0 Å². The summed E-state index contributed by atoms with van der Waals surface area (Å²) in [6.07, 6.45) is 5.78. The minimum atomic E-state index is -1.30. The number of nitrogens with two attached hydrogens (primary N) is 1. The van der Waals surface area contributed by atoms with Gasteiger partial charge in [0.15, 0.2) is 9.67 Å². The van der Waals surface area contributed by atoms with Crippen molar-refractivity contribution in [1.82, 2.24) is 4.90 Å². The molecule has 0 bridgehead atoms. The standard InChI is InChI=1S/C12H20Cl4N2O2/c13-9(14)11(19)18(12(20)10(15)16)8-6-4-2-1-3-5-7-17/h9-10H,1-8,17H2. The van der Waals surface area contributed by atoms with E-state index in [4.69, 9.17) is 52.1 Å². The molecule has 0 aromatic carbocycles. The molecule has 0 aliphatic heterocycles. The van der Waals surface area contributed by atoms with E-state index in [1.54, 1.807) is 0 Å². The van der Waals surface area contributed by atoms with Gasteiger partial charge < -0.3 is 5.73 Å². The molecule has 118 valence electrons. The van der Waals surface area contributed by atoms with E-state index in [9.17, 15) is 9.59 Å². The average Bonchev–Trinajstić information content (AvgIpc) is 2.40. The predicted octanol–water partition coefficient (Wildman–Crippen LogP) is 3.25. The largest absolute Gasteiger partial charge is 0.330 e. The van der Waals surface area contributed by atoms with Gasteiger partial charge in [-0.2, -0.15) is 0 Å². The van der Waals surface area contributed by atoms with Crippen molar-refractivity contribution in [3.05, 3.63) is 0 Å². The molecule has 0 aliphatic rings. The molecule has 0 aliphatic carbocycles.